The summed E-state index contributed by atoms with van der Waals surface area (Å²) in [4.78, 5) is 10.9. The summed E-state index contributed by atoms with van der Waals surface area (Å²) in [7, 11) is 0. The van der Waals surface area contributed by atoms with E-state index in [-0.39, 0.29) is 5.91 Å². The zero-order valence-electron chi connectivity index (χ0n) is 11.2. The molecule has 1 aromatic rings. The van der Waals surface area contributed by atoms with E-state index in [9.17, 15) is 4.79 Å². The third kappa shape index (κ3) is 3.76. The molecule has 2 unspecified atom stereocenters. The number of hydrogen-bond acceptors (Lipinski definition) is 2. The highest BCUT2D eigenvalue weighted by Gasteiger charge is 2.18. The molecule has 2 rings (SSSR count). The van der Waals surface area contributed by atoms with E-state index in [4.69, 9.17) is 0 Å². The van der Waals surface area contributed by atoms with Crippen LogP contribution in [-0.2, 0) is 4.79 Å². The maximum absolute atomic E-state index is 10.9. The summed E-state index contributed by atoms with van der Waals surface area (Å²) in [6.45, 7) is 3.85. The molecule has 0 aliphatic heterocycles. The van der Waals surface area contributed by atoms with E-state index in [1.165, 1.54) is 32.6 Å². The molecule has 1 aromatic carbocycles. The van der Waals surface area contributed by atoms with Gasteiger partial charge in [-0.15, -0.1) is 0 Å². The maximum Gasteiger partial charge on any atom is 0.221 e. The highest BCUT2D eigenvalue weighted by atomic mass is 16.1. The second-order valence-corrected chi connectivity index (χ2v) is 5.37. The van der Waals surface area contributed by atoms with Crippen LogP contribution >= 0.6 is 0 Å². The van der Waals surface area contributed by atoms with Gasteiger partial charge < -0.3 is 10.6 Å². The molecular weight excluding hydrogens is 224 g/mol. The van der Waals surface area contributed by atoms with Crippen molar-refractivity contribution >= 4 is 17.3 Å². The first-order valence-electron chi connectivity index (χ1n) is 6.77. The van der Waals surface area contributed by atoms with Crippen LogP contribution in [0.2, 0.25) is 0 Å². The van der Waals surface area contributed by atoms with Crippen molar-refractivity contribution in [1.29, 1.82) is 0 Å². The molecular formula is C15H22N2O. The summed E-state index contributed by atoms with van der Waals surface area (Å²) in [5.74, 6) is 0.798. The number of amides is 1. The molecule has 0 heterocycles. The molecule has 3 nitrogen and oxygen atoms in total. The van der Waals surface area contributed by atoms with E-state index in [1.54, 1.807) is 0 Å². The zero-order chi connectivity index (χ0) is 13.0. The van der Waals surface area contributed by atoms with Crippen molar-refractivity contribution in [3.63, 3.8) is 0 Å². The van der Waals surface area contributed by atoms with Crippen LogP contribution in [0.3, 0.4) is 0 Å². The number of rotatable bonds is 3. The molecule has 2 N–H and O–H groups in total. The molecule has 1 saturated carbocycles. The van der Waals surface area contributed by atoms with Crippen LogP contribution in [0.25, 0.3) is 0 Å². The first kappa shape index (κ1) is 12.9. The predicted octanol–water partition coefficient (Wildman–Crippen LogP) is 3.64. The van der Waals surface area contributed by atoms with Crippen molar-refractivity contribution in [2.75, 3.05) is 10.6 Å². The van der Waals surface area contributed by atoms with Crippen LogP contribution in [0.1, 0.15) is 39.5 Å². The van der Waals surface area contributed by atoms with Crippen molar-refractivity contribution in [2.45, 2.75) is 45.6 Å². The van der Waals surface area contributed by atoms with Crippen LogP contribution in [0, 0.1) is 5.92 Å². The van der Waals surface area contributed by atoms with Gasteiger partial charge >= 0.3 is 0 Å². The van der Waals surface area contributed by atoms with Gasteiger partial charge in [0.25, 0.3) is 0 Å². The Bertz CT molecular complexity index is 399. The SMILES string of the molecule is CC(=O)Nc1ccc(NC2CCCC(C)C2)cc1. The largest absolute Gasteiger partial charge is 0.382 e. The lowest BCUT2D eigenvalue weighted by Crippen LogP contribution is -2.26. The van der Waals surface area contributed by atoms with Crippen molar-refractivity contribution in [3.05, 3.63) is 24.3 Å². The molecule has 98 valence electrons. The average Bonchev–Trinajstić information content (AvgIpc) is 2.31. The summed E-state index contributed by atoms with van der Waals surface area (Å²) in [5, 5.41) is 6.36. The Morgan fingerprint density at radius 1 is 1.17 bits per heavy atom. The number of benzene rings is 1. The molecule has 0 aromatic heterocycles. The zero-order valence-corrected chi connectivity index (χ0v) is 11.2. The van der Waals surface area contributed by atoms with Gasteiger partial charge in [0, 0.05) is 24.3 Å². The minimum atomic E-state index is -0.0307. The lowest BCUT2D eigenvalue weighted by molar-refractivity contribution is -0.114. The number of anilines is 2. The van der Waals surface area contributed by atoms with Gasteiger partial charge in [0.1, 0.15) is 0 Å². The van der Waals surface area contributed by atoms with Crippen LogP contribution in [0.5, 0.6) is 0 Å². The average molecular weight is 246 g/mol. The Balaban J connectivity index is 1.91. The van der Waals surface area contributed by atoms with Crippen molar-refractivity contribution in [1.82, 2.24) is 0 Å². The third-order valence-corrected chi connectivity index (χ3v) is 3.51. The van der Waals surface area contributed by atoms with Crippen molar-refractivity contribution in [3.8, 4) is 0 Å². The fraction of sp³-hybridized carbons (Fsp3) is 0.533. The summed E-state index contributed by atoms with van der Waals surface area (Å²) in [6.07, 6.45) is 5.20. The highest BCUT2D eigenvalue weighted by Crippen LogP contribution is 2.26. The lowest BCUT2D eigenvalue weighted by atomic mass is 9.87. The fourth-order valence-electron chi connectivity index (χ4n) is 2.65. The highest BCUT2D eigenvalue weighted by molar-refractivity contribution is 5.88. The van der Waals surface area contributed by atoms with E-state index in [0.29, 0.717) is 6.04 Å². The normalized spacial score (nSPS) is 23.4. The first-order chi connectivity index (χ1) is 8.63. The lowest BCUT2D eigenvalue weighted by Gasteiger charge is -2.28. The van der Waals surface area contributed by atoms with Gasteiger partial charge in [0.2, 0.25) is 5.91 Å². The molecule has 2 atom stereocenters. The Labute approximate surface area is 109 Å². The molecule has 0 saturated heterocycles. The van der Waals surface area contributed by atoms with Gasteiger partial charge in [-0.3, -0.25) is 4.79 Å². The molecule has 1 amide bonds. The van der Waals surface area contributed by atoms with Gasteiger partial charge in [-0.25, -0.2) is 0 Å². The van der Waals surface area contributed by atoms with Gasteiger partial charge in [-0.2, -0.15) is 0 Å². The Morgan fingerprint density at radius 3 is 2.44 bits per heavy atom. The first-order valence-corrected chi connectivity index (χ1v) is 6.77. The Kier molecular flexibility index (Phi) is 4.24. The minimum Gasteiger partial charge on any atom is -0.382 e. The molecule has 1 aliphatic carbocycles. The molecule has 0 bridgehead atoms. The minimum absolute atomic E-state index is 0.0307. The molecule has 18 heavy (non-hydrogen) atoms. The number of carbonyl (C=O) groups excluding carboxylic acids is 1. The van der Waals surface area contributed by atoms with E-state index < -0.39 is 0 Å². The molecule has 1 aliphatic rings. The van der Waals surface area contributed by atoms with Gasteiger partial charge in [0.15, 0.2) is 0 Å². The summed E-state index contributed by atoms with van der Waals surface area (Å²) in [5.41, 5.74) is 1.99. The predicted molar refractivity (Wildman–Crippen MR) is 75.8 cm³/mol. The summed E-state index contributed by atoms with van der Waals surface area (Å²) >= 11 is 0. The molecule has 3 heteroatoms. The van der Waals surface area contributed by atoms with Crippen LogP contribution in [0.15, 0.2) is 24.3 Å². The third-order valence-electron chi connectivity index (χ3n) is 3.51. The fourth-order valence-corrected chi connectivity index (χ4v) is 2.65. The molecule has 0 spiro atoms. The van der Waals surface area contributed by atoms with E-state index in [0.717, 1.165) is 17.3 Å². The van der Waals surface area contributed by atoms with Gasteiger partial charge in [-0.05, 0) is 43.0 Å². The number of hydrogen-bond donors (Lipinski definition) is 2. The van der Waals surface area contributed by atoms with Crippen LogP contribution in [-0.4, -0.2) is 11.9 Å². The van der Waals surface area contributed by atoms with Crippen molar-refractivity contribution < 1.29 is 4.79 Å². The smallest absolute Gasteiger partial charge is 0.221 e. The number of carbonyl (C=O) groups is 1. The van der Waals surface area contributed by atoms with E-state index >= 15 is 0 Å². The van der Waals surface area contributed by atoms with Gasteiger partial charge in [0.05, 0.1) is 0 Å². The second kappa shape index (κ2) is 5.89. The summed E-state index contributed by atoms with van der Waals surface area (Å²) < 4.78 is 0. The second-order valence-electron chi connectivity index (χ2n) is 5.37. The standard InChI is InChI=1S/C15H22N2O/c1-11-4-3-5-15(10-11)17-14-8-6-13(7-9-14)16-12(2)18/h6-9,11,15,17H,3-5,10H2,1-2H3,(H,16,18). The molecule has 0 radical (unpaired) electrons. The van der Waals surface area contributed by atoms with E-state index in [1.807, 2.05) is 24.3 Å². The Hall–Kier alpha value is -1.51. The van der Waals surface area contributed by atoms with Crippen molar-refractivity contribution in [2.24, 2.45) is 5.92 Å². The number of nitrogens with one attached hydrogen (secondary N) is 2. The summed E-state index contributed by atoms with van der Waals surface area (Å²) in [6, 6.07) is 8.54. The monoisotopic (exact) mass is 246 g/mol. The topological polar surface area (TPSA) is 41.1 Å². The molecule has 1 fully saturated rings. The Morgan fingerprint density at radius 2 is 1.83 bits per heavy atom. The maximum atomic E-state index is 10.9. The van der Waals surface area contributed by atoms with Crippen LogP contribution < -0.4 is 10.6 Å². The van der Waals surface area contributed by atoms with Crippen LogP contribution in [0.4, 0.5) is 11.4 Å². The van der Waals surface area contributed by atoms with Gasteiger partial charge in [-0.1, -0.05) is 19.8 Å². The van der Waals surface area contributed by atoms with E-state index in [2.05, 4.69) is 17.6 Å². The quantitative estimate of drug-likeness (QED) is 0.855.